The molecule has 3 N–H and O–H groups in total. The second-order valence-electron chi connectivity index (χ2n) is 6.25. The Kier molecular flexibility index (Phi) is 5.44. The van der Waals surface area contributed by atoms with Gasteiger partial charge in [-0.25, -0.2) is 0 Å². The van der Waals surface area contributed by atoms with Crippen LogP contribution in [0.15, 0.2) is 52.1 Å². The van der Waals surface area contributed by atoms with Crippen molar-refractivity contribution >= 4 is 22.8 Å². The van der Waals surface area contributed by atoms with Gasteiger partial charge in [0, 0.05) is 18.7 Å². The number of hydrogen-bond acceptors (Lipinski definition) is 7. The van der Waals surface area contributed by atoms with Crippen LogP contribution < -0.4 is 26.2 Å². The van der Waals surface area contributed by atoms with E-state index in [0.717, 1.165) is 5.56 Å². The topological polar surface area (TPSA) is 105 Å². The van der Waals surface area contributed by atoms with Crippen molar-refractivity contribution in [1.82, 2.24) is 0 Å². The van der Waals surface area contributed by atoms with Gasteiger partial charge in [-0.1, -0.05) is 19.1 Å². The molecule has 0 aromatic heterocycles. The van der Waals surface area contributed by atoms with E-state index in [-0.39, 0.29) is 34.9 Å². The Morgan fingerprint density at radius 2 is 1.82 bits per heavy atom. The van der Waals surface area contributed by atoms with E-state index in [1.807, 2.05) is 24.3 Å². The van der Waals surface area contributed by atoms with Gasteiger partial charge in [-0.15, -0.1) is 0 Å². The first-order chi connectivity index (χ1) is 13.4. The molecule has 0 saturated heterocycles. The van der Waals surface area contributed by atoms with Crippen LogP contribution in [0.5, 0.6) is 11.5 Å². The Labute approximate surface area is 161 Å². The van der Waals surface area contributed by atoms with E-state index >= 15 is 0 Å². The van der Waals surface area contributed by atoms with E-state index in [4.69, 9.17) is 4.74 Å². The lowest BCUT2D eigenvalue weighted by molar-refractivity contribution is 0.0985. The molecule has 28 heavy (non-hydrogen) atoms. The summed E-state index contributed by atoms with van der Waals surface area (Å²) < 4.78 is 5.17. The zero-order valence-electron chi connectivity index (χ0n) is 15.5. The number of anilines is 3. The maximum Gasteiger partial charge on any atom is 0.253 e. The Bertz CT molecular complexity index is 1100. The van der Waals surface area contributed by atoms with Crippen LogP contribution in [-0.4, -0.2) is 18.0 Å². The van der Waals surface area contributed by atoms with Gasteiger partial charge in [0.25, 0.3) is 10.9 Å². The summed E-state index contributed by atoms with van der Waals surface area (Å²) in [6.45, 7) is 2.03. The van der Waals surface area contributed by atoms with Gasteiger partial charge in [-0.2, -0.15) is 0 Å². The first-order valence-electron chi connectivity index (χ1n) is 8.78. The minimum atomic E-state index is -0.635. The highest BCUT2D eigenvalue weighted by Crippen LogP contribution is 2.27. The number of benzene rings is 2. The molecular weight excluding hydrogens is 360 g/mol. The number of methoxy groups -OCH3 is 1. The Hall–Kier alpha value is -3.61. The number of phenols is 1. The number of ether oxygens (including phenoxy) is 1. The molecule has 0 bridgehead atoms. The molecular formula is C21H20N2O5. The number of carbonyl (C=O) groups excluding carboxylic acids is 1. The quantitative estimate of drug-likeness (QED) is 0.313. The van der Waals surface area contributed by atoms with Crippen molar-refractivity contribution in [2.45, 2.75) is 19.9 Å². The van der Waals surface area contributed by atoms with E-state index in [2.05, 4.69) is 10.6 Å². The summed E-state index contributed by atoms with van der Waals surface area (Å²) in [7, 11) is 1.57. The summed E-state index contributed by atoms with van der Waals surface area (Å²) >= 11 is 0. The Balaban J connectivity index is 1.79. The highest BCUT2D eigenvalue weighted by Gasteiger charge is 2.21. The lowest BCUT2D eigenvalue weighted by Crippen LogP contribution is -2.36. The third-order valence-electron chi connectivity index (χ3n) is 4.40. The summed E-state index contributed by atoms with van der Waals surface area (Å²) in [6, 6.07) is 11.7. The Morgan fingerprint density at radius 1 is 1.07 bits per heavy atom. The summed E-state index contributed by atoms with van der Waals surface area (Å²) in [6.07, 6.45) is 0.241. The van der Waals surface area contributed by atoms with E-state index in [9.17, 15) is 19.5 Å². The third kappa shape index (κ3) is 3.73. The van der Waals surface area contributed by atoms with Crippen LogP contribution in [0.4, 0.5) is 17.1 Å². The average molecular weight is 380 g/mol. The highest BCUT2D eigenvalue weighted by atomic mass is 16.5. The van der Waals surface area contributed by atoms with E-state index in [1.54, 1.807) is 14.0 Å². The third-order valence-corrected chi connectivity index (χ3v) is 4.40. The molecule has 3 rings (SSSR count). The molecule has 0 radical (unpaired) electrons. The van der Waals surface area contributed by atoms with Crippen molar-refractivity contribution in [3.8, 4) is 11.5 Å². The standard InChI is InChI=1S/C21H20N2O5/c1-3-16(24)15-10-13(7-8-17(15)25)23-19-18(20(26)21(19)27)22-11-12-5-4-6-14(9-12)28-2/h4-10,22-23,25H,3,11H2,1-2H3. The molecule has 0 atom stereocenters. The average Bonchev–Trinajstić information content (AvgIpc) is 2.73. The highest BCUT2D eigenvalue weighted by molar-refractivity contribution is 5.99. The van der Waals surface area contributed by atoms with E-state index in [1.165, 1.54) is 18.2 Å². The van der Waals surface area contributed by atoms with Crippen molar-refractivity contribution in [3.63, 3.8) is 0 Å². The lowest BCUT2D eigenvalue weighted by atomic mass is 10.1. The van der Waals surface area contributed by atoms with Crippen molar-refractivity contribution < 1.29 is 14.6 Å². The van der Waals surface area contributed by atoms with Gasteiger partial charge >= 0.3 is 0 Å². The van der Waals surface area contributed by atoms with Crippen LogP contribution >= 0.6 is 0 Å². The summed E-state index contributed by atoms with van der Waals surface area (Å²) in [5.74, 6) is 0.348. The monoisotopic (exact) mass is 380 g/mol. The van der Waals surface area contributed by atoms with Gasteiger partial charge in [0.05, 0.1) is 12.7 Å². The van der Waals surface area contributed by atoms with Gasteiger partial charge in [0.2, 0.25) is 0 Å². The fraction of sp³-hybridized carbons (Fsp3) is 0.190. The molecule has 0 heterocycles. The van der Waals surface area contributed by atoms with Crippen molar-refractivity contribution in [2.75, 3.05) is 17.7 Å². The second kappa shape index (κ2) is 7.96. The van der Waals surface area contributed by atoms with E-state index in [0.29, 0.717) is 18.0 Å². The number of carbonyl (C=O) groups is 1. The summed E-state index contributed by atoms with van der Waals surface area (Å²) in [4.78, 5) is 35.8. The molecule has 0 amide bonds. The smallest absolute Gasteiger partial charge is 0.253 e. The van der Waals surface area contributed by atoms with Crippen LogP contribution in [-0.2, 0) is 6.54 Å². The summed E-state index contributed by atoms with van der Waals surface area (Å²) in [5, 5.41) is 15.7. The first kappa shape index (κ1) is 19.2. The maximum absolute atomic E-state index is 12.0. The first-order valence-corrected chi connectivity index (χ1v) is 8.78. The molecule has 0 aliphatic rings. The Morgan fingerprint density at radius 3 is 2.54 bits per heavy atom. The molecule has 7 nitrogen and oxygen atoms in total. The summed E-state index contributed by atoms with van der Waals surface area (Å²) in [5.41, 5.74) is 0.568. The molecule has 0 fully saturated rings. The van der Waals surface area contributed by atoms with Crippen molar-refractivity contribution in [3.05, 3.63) is 74.0 Å². The van der Waals surface area contributed by atoms with Gasteiger partial charge in [-0.3, -0.25) is 14.4 Å². The van der Waals surface area contributed by atoms with Crippen LogP contribution in [0.25, 0.3) is 0 Å². The number of ketones is 1. The fourth-order valence-electron chi connectivity index (χ4n) is 2.82. The van der Waals surface area contributed by atoms with Crippen LogP contribution in [0, 0.1) is 0 Å². The normalized spacial score (nSPS) is 10.6. The number of phenolic OH excluding ortho intramolecular Hbond substituents is 1. The number of hydrogen-bond donors (Lipinski definition) is 3. The van der Waals surface area contributed by atoms with Crippen LogP contribution in [0.1, 0.15) is 29.3 Å². The number of rotatable bonds is 8. The van der Waals surface area contributed by atoms with E-state index < -0.39 is 10.9 Å². The van der Waals surface area contributed by atoms with Gasteiger partial charge in [0.15, 0.2) is 5.78 Å². The number of nitrogens with one attached hydrogen (secondary N) is 2. The minimum absolute atomic E-state index is 0.126. The molecule has 0 aliphatic carbocycles. The lowest BCUT2D eigenvalue weighted by Gasteiger charge is -2.16. The maximum atomic E-state index is 12.0. The predicted octanol–water partition coefficient (Wildman–Crippen LogP) is 2.95. The largest absolute Gasteiger partial charge is 0.507 e. The molecule has 0 aliphatic heterocycles. The molecule has 3 aromatic rings. The second-order valence-corrected chi connectivity index (χ2v) is 6.25. The number of Topliss-reactive ketones (excluding diaryl/α,β-unsaturated/α-hetero) is 1. The molecule has 0 spiro atoms. The minimum Gasteiger partial charge on any atom is -0.507 e. The fourth-order valence-corrected chi connectivity index (χ4v) is 2.82. The molecule has 0 unspecified atom stereocenters. The molecule has 0 saturated carbocycles. The van der Waals surface area contributed by atoms with Gasteiger partial charge < -0.3 is 20.5 Å². The molecule has 144 valence electrons. The van der Waals surface area contributed by atoms with Crippen molar-refractivity contribution in [1.29, 1.82) is 0 Å². The predicted molar refractivity (Wildman–Crippen MR) is 108 cm³/mol. The number of aromatic hydroxyl groups is 1. The van der Waals surface area contributed by atoms with Crippen LogP contribution in [0.2, 0.25) is 0 Å². The SMILES string of the molecule is CCC(=O)c1cc(Nc2c(NCc3cccc(OC)c3)c(=O)c2=O)ccc1O. The zero-order valence-corrected chi connectivity index (χ0v) is 15.5. The molecule has 3 aromatic carbocycles. The van der Waals surface area contributed by atoms with Crippen molar-refractivity contribution in [2.24, 2.45) is 0 Å². The van der Waals surface area contributed by atoms with Gasteiger partial charge in [-0.05, 0) is 35.9 Å². The van der Waals surface area contributed by atoms with Gasteiger partial charge in [0.1, 0.15) is 22.9 Å². The molecule has 7 heteroatoms. The van der Waals surface area contributed by atoms with Crippen LogP contribution in [0.3, 0.4) is 0 Å². The zero-order chi connectivity index (χ0) is 20.3.